The summed E-state index contributed by atoms with van der Waals surface area (Å²) in [7, 11) is 0. The van der Waals surface area contributed by atoms with E-state index in [1.807, 2.05) is 29.2 Å². The van der Waals surface area contributed by atoms with Gasteiger partial charge >= 0.3 is 5.69 Å². The van der Waals surface area contributed by atoms with E-state index < -0.39 is 11.2 Å². The molecule has 0 bridgehead atoms. The van der Waals surface area contributed by atoms with E-state index in [1.165, 1.54) is 6.20 Å². The number of fused-ring (bicyclic) bond motifs is 2. The first-order chi connectivity index (χ1) is 16.6. The van der Waals surface area contributed by atoms with E-state index in [4.69, 9.17) is 21.1 Å². The van der Waals surface area contributed by atoms with Crippen molar-refractivity contribution in [2.45, 2.75) is 0 Å². The summed E-state index contributed by atoms with van der Waals surface area (Å²) in [5.41, 5.74) is 0.596. The molecular formula is C23H19ClN6O4. The van der Waals surface area contributed by atoms with Gasteiger partial charge in [-0.05, 0) is 36.4 Å². The maximum Gasteiger partial charge on any atom is 0.334 e. The zero-order valence-corrected chi connectivity index (χ0v) is 18.7. The predicted molar refractivity (Wildman–Crippen MR) is 128 cm³/mol. The molecule has 0 radical (unpaired) electrons. The molecule has 6 rings (SSSR count). The normalized spacial score (nSPS) is 15.2. The molecule has 0 unspecified atom stereocenters. The molecule has 10 nitrogen and oxygen atoms in total. The molecule has 4 aromatic rings. The van der Waals surface area contributed by atoms with Crippen LogP contribution in [0.3, 0.4) is 0 Å². The largest absolute Gasteiger partial charge is 0.454 e. The second-order valence-electron chi connectivity index (χ2n) is 7.99. The minimum Gasteiger partial charge on any atom is -0.454 e. The van der Waals surface area contributed by atoms with E-state index in [-0.39, 0.29) is 17.8 Å². The average molecular weight is 479 g/mol. The van der Waals surface area contributed by atoms with Crippen molar-refractivity contribution in [1.29, 1.82) is 0 Å². The molecule has 0 amide bonds. The molecule has 0 atom stereocenters. The number of hydrogen-bond donors (Lipinski definition) is 1. The molecule has 2 aromatic carbocycles. The zero-order valence-electron chi connectivity index (χ0n) is 17.9. The highest BCUT2D eigenvalue weighted by molar-refractivity contribution is 6.30. The summed E-state index contributed by atoms with van der Waals surface area (Å²) in [6, 6.07) is 12.6. The first-order valence-corrected chi connectivity index (χ1v) is 11.1. The number of nitrogens with one attached hydrogen (secondary N) is 1. The van der Waals surface area contributed by atoms with Crippen LogP contribution in [0.2, 0.25) is 5.02 Å². The van der Waals surface area contributed by atoms with Gasteiger partial charge in [0, 0.05) is 49.2 Å². The molecule has 0 spiro atoms. The highest BCUT2D eigenvalue weighted by Gasteiger charge is 2.21. The number of aromatic nitrogens is 4. The van der Waals surface area contributed by atoms with E-state index in [1.54, 1.807) is 18.2 Å². The monoisotopic (exact) mass is 478 g/mol. The predicted octanol–water partition coefficient (Wildman–Crippen LogP) is 2.18. The molecule has 1 N–H and O–H groups in total. The van der Waals surface area contributed by atoms with Crippen LogP contribution in [-0.4, -0.2) is 52.5 Å². The Morgan fingerprint density at radius 3 is 2.38 bits per heavy atom. The number of aromatic amines is 1. The van der Waals surface area contributed by atoms with Crippen LogP contribution in [0.15, 0.2) is 58.3 Å². The van der Waals surface area contributed by atoms with Crippen molar-refractivity contribution in [3.8, 4) is 17.2 Å². The Kier molecular flexibility index (Phi) is 4.88. The van der Waals surface area contributed by atoms with Gasteiger partial charge in [-0.1, -0.05) is 11.6 Å². The number of hydrogen-bond acceptors (Lipinski definition) is 8. The third-order valence-corrected chi connectivity index (χ3v) is 6.26. The number of benzene rings is 2. The molecule has 34 heavy (non-hydrogen) atoms. The van der Waals surface area contributed by atoms with Gasteiger partial charge in [0.15, 0.2) is 17.1 Å². The van der Waals surface area contributed by atoms with Gasteiger partial charge in [-0.3, -0.25) is 9.78 Å². The standard InChI is InChI=1S/C23H19ClN6O4/c24-14-1-3-15(4-2-14)28-7-9-29(10-8-28)22-25-12-17-20(26-22)27-23(32)30(21(17)31)16-5-6-18-19(11-16)34-13-33-18/h1-6,11-12H,7-10,13H2,(H,25,26,27,32). The molecule has 0 aliphatic carbocycles. The number of ether oxygens (including phenoxy) is 2. The first kappa shape index (κ1) is 20.5. The second kappa shape index (κ2) is 8.07. The SMILES string of the molecule is O=c1[nH]c2nc(N3CCN(c4ccc(Cl)cc4)CC3)ncc2c(=O)n1-c1ccc2c(c1)OCO2. The van der Waals surface area contributed by atoms with E-state index in [0.29, 0.717) is 41.2 Å². The van der Waals surface area contributed by atoms with Gasteiger partial charge in [0.05, 0.1) is 5.69 Å². The van der Waals surface area contributed by atoms with E-state index in [0.717, 1.165) is 23.3 Å². The molecular weight excluding hydrogens is 460 g/mol. The smallest absolute Gasteiger partial charge is 0.334 e. The fraction of sp³-hybridized carbons (Fsp3) is 0.217. The van der Waals surface area contributed by atoms with Crippen LogP contribution in [0, 0.1) is 0 Å². The van der Waals surface area contributed by atoms with E-state index in [9.17, 15) is 9.59 Å². The quantitative estimate of drug-likeness (QED) is 0.477. The Hall–Kier alpha value is -4.05. The maximum atomic E-state index is 13.1. The van der Waals surface area contributed by atoms with Crippen LogP contribution >= 0.6 is 11.6 Å². The van der Waals surface area contributed by atoms with Gasteiger partial charge in [0.2, 0.25) is 12.7 Å². The van der Waals surface area contributed by atoms with Crippen LogP contribution in [0.5, 0.6) is 11.5 Å². The maximum absolute atomic E-state index is 13.1. The van der Waals surface area contributed by atoms with Crippen LogP contribution in [0.1, 0.15) is 0 Å². The van der Waals surface area contributed by atoms with Crippen molar-refractivity contribution < 1.29 is 9.47 Å². The molecule has 1 fully saturated rings. The summed E-state index contributed by atoms with van der Waals surface area (Å²) >= 11 is 5.99. The van der Waals surface area contributed by atoms with Crippen molar-refractivity contribution in [2.75, 3.05) is 42.8 Å². The van der Waals surface area contributed by atoms with Gasteiger partial charge in [0.25, 0.3) is 5.56 Å². The number of rotatable bonds is 3. The van der Waals surface area contributed by atoms with E-state index >= 15 is 0 Å². The number of H-pyrrole nitrogens is 1. The Morgan fingerprint density at radius 2 is 1.59 bits per heavy atom. The number of halogens is 1. The van der Waals surface area contributed by atoms with Crippen LogP contribution < -0.4 is 30.5 Å². The molecule has 2 aliphatic rings. The van der Waals surface area contributed by atoms with E-state index in [2.05, 4.69) is 19.9 Å². The Morgan fingerprint density at radius 1 is 0.882 bits per heavy atom. The summed E-state index contributed by atoms with van der Waals surface area (Å²) < 4.78 is 11.7. The second-order valence-corrected chi connectivity index (χ2v) is 8.43. The van der Waals surface area contributed by atoms with Crippen molar-refractivity contribution in [1.82, 2.24) is 19.5 Å². The number of anilines is 2. The van der Waals surface area contributed by atoms with Gasteiger partial charge in [-0.2, -0.15) is 4.98 Å². The topological polar surface area (TPSA) is 106 Å². The van der Waals surface area contributed by atoms with Crippen molar-refractivity contribution in [3.05, 3.63) is 74.5 Å². The van der Waals surface area contributed by atoms with Gasteiger partial charge in [0.1, 0.15) is 5.39 Å². The minimum absolute atomic E-state index is 0.104. The lowest BCUT2D eigenvalue weighted by Crippen LogP contribution is -2.47. The average Bonchev–Trinajstić information content (AvgIpc) is 3.32. The molecule has 0 saturated carbocycles. The molecule has 4 heterocycles. The van der Waals surface area contributed by atoms with Crippen LogP contribution in [-0.2, 0) is 0 Å². The summed E-state index contributed by atoms with van der Waals surface area (Å²) in [5.74, 6) is 1.52. The Labute approximate surface area is 198 Å². The van der Waals surface area contributed by atoms with Crippen molar-refractivity contribution in [2.24, 2.45) is 0 Å². The van der Waals surface area contributed by atoms with Gasteiger partial charge in [-0.25, -0.2) is 14.3 Å². The first-order valence-electron chi connectivity index (χ1n) is 10.7. The lowest BCUT2D eigenvalue weighted by Gasteiger charge is -2.36. The van der Waals surface area contributed by atoms with Gasteiger partial charge < -0.3 is 19.3 Å². The lowest BCUT2D eigenvalue weighted by molar-refractivity contribution is 0.174. The third kappa shape index (κ3) is 3.52. The van der Waals surface area contributed by atoms with Crippen molar-refractivity contribution in [3.63, 3.8) is 0 Å². The van der Waals surface area contributed by atoms with Gasteiger partial charge in [-0.15, -0.1) is 0 Å². The molecule has 11 heteroatoms. The molecule has 1 saturated heterocycles. The third-order valence-electron chi connectivity index (χ3n) is 6.01. The highest BCUT2D eigenvalue weighted by atomic mass is 35.5. The number of nitrogens with zero attached hydrogens (tertiary/aromatic N) is 5. The highest BCUT2D eigenvalue weighted by Crippen LogP contribution is 2.33. The zero-order chi connectivity index (χ0) is 23.2. The van der Waals surface area contributed by atoms with Crippen LogP contribution in [0.25, 0.3) is 16.7 Å². The van der Waals surface area contributed by atoms with Crippen molar-refractivity contribution >= 4 is 34.3 Å². The summed E-state index contributed by atoms with van der Waals surface area (Å²) in [6.45, 7) is 3.07. The molecule has 2 aliphatic heterocycles. The Balaban J connectivity index is 1.28. The molecule has 172 valence electrons. The summed E-state index contributed by atoms with van der Waals surface area (Å²) in [6.07, 6.45) is 1.46. The lowest BCUT2D eigenvalue weighted by atomic mass is 10.2. The Bertz CT molecular complexity index is 1510. The fourth-order valence-corrected chi connectivity index (χ4v) is 4.35. The summed E-state index contributed by atoms with van der Waals surface area (Å²) in [4.78, 5) is 41.9. The summed E-state index contributed by atoms with van der Waals surface area (Å²) in [5, 5.41) is 0.930. The number of piperazine rings is 1. The minimum atomic E-state index is -0.589. The molecule has 2 aromatic heterocycles. The fourth-order valence-electron chi connectivity index (χ4n) is 4.22. The van der Waals surface area contributed by atoms with Crippen LogP contribution in [0.4, 0.5) is 11.6 Å².